The van der Waals surface area contributed by atoms with Crippen LogP contribution in [-0.4, -0.2) is 49.0 Å². The molecule has 3 aromatic rings. The van der Waals surface area contributed by atoms with Gasteiger partial charge >= 0.3 is 17.9 Å². The largest absolute Gasteiger partial charge is 0.478 e. The van der Waals surface area contributed by atoms with Crippen LogP contribution in [0.2, 0.25) is 0 Å². The number of benzene rings is 2. The number of hydrogen-bond acceptors (Lipinski definition) is 6. The standard InChI is InChI=1S/C21H14N2O7/c1-10(24)11-2-12(4-14(3-11)19(25)26)17-8-22-18(23-9-17)13-5-15(20(27)28)7-16(6-13)21(29)30/h2-9H,1H3,(H,25,26)(H,27,28)(H,29,30). The average Bonchev–Trinajstić information content (AvgIpc) is 2.73. The lowest BCUT2D eigenvalue weighted by Gasteiger charge is -2.08. The van der Waals surface area contributed by atoms with E-state index in [0.717, 1.165) is 6.07 Å². The molecule has 0 atom stereocenters. The summed E-state index contributed by atoms with van der Waals surface area (Å²) in [6, 6.07) is 7.70. The summed E-state index contributed by atoms with van der Waals surface area (Å²) in [5.74, 6) is -3.99. The van der Waals surface area contributed by atoms with Crippen molar-refractivity contribution >= 4 is 23.7 Å². The van der Waals surface area contributed by atoms with Gasteiger partial charge in [0.2, 0.25) is 0 Å². The van der Waals surface area contributed by atoms with Crippen LogP contribution in [0.25, 0.3) is 22.5 Å². The van der Waals surface area contributed by atoms with Crippen LogP contribution in [0, 0.1) is 0 Å². The van der Waals surface area contributed by atoms with Crippen molar-refractivity contribution in [2.45, 2.75) is 6.92 Å². The molecule has 0 aliphatic carbocycles. The van der Waals surface area contributed by atoms with Crippen LogP contribution in [0.3, 0.4) is 0 Å². The Morgan fingerprint density at radius 2 is 1.00 bits per heavy atom. The molecular formula is C21H14N2O7. The molecule has 0 aliphatic heterocycles. The number of rotatable bonds is 6. The van der Waals surface area contributed by atoms with Crippen molar-refractivity contribution in [3.8, 4) is 22.5 Å². The lowest BCUT2D eigenvalue weighted by Crippen LogP contribution is -2.04. The van der Waals surface area contributed by atoms with Crippen LogP contribution >= 0.6 is 0 Å². The summed E-state index contributed by atoms with van der Waals surface area (Å²) in [4.78, 5) is 53.8. The molecule has 9 nitrogen and oxygen atoms in total. The second kappa shape index (κ2) is 7.92. The van der Waals surface area contributed by atoms with Crippen molar-refractivity contribution in [3.63, 3.8) is 0 Å². The van der Waals surface area contributed by atoms with Gasteiger partial charge < -0.3 is 15.3 Å². The Balaban J connectivity index is 2.06. The quantitative estimate of drug-likeness (QED) is 0.524. The zero-order valence-corrected chi connectivity index (χ0v) is 15.5. The van der Waals surface area contributed by atoms with E-state index >= 15 is 0 Å². The highest BCUT2D eigenvalue weighted by Gasteiger charge is 2.15. The molecule has 9 heteroatoms. The molecule has 0 spiro atoms. The van der Waals surface area contributed by atoms with Gasteiger partial charge in [-0.2, -0.15) is 0 Å². The fraction of sp³-hybridized carbons (Fsp3) is 0.0476. The Kier molecular flexibility index (Phi) is 5.37. The molecule has 1 heterocycles. The summed E-state index contributed by atoms with van der Waals surface area (Å²) in [7, 11) is 0. The van der Waals surface area contributed by atoms with E-state index in [9.17, 15) is 34.5 Å². The van der Waals surface area contributed by atoms with Crippen molar-refractivity contribution in [2.24, 2.45) is 0 Å². The fourth-order valence-corrected chi connectivity index (χ4v) is 2.75. The Labute approximate surface area is 169 Å². The van der Waals surface area contributed by atoms with E-state index in [4.69, 9.17) is 0 Å². The lowest BCUT2D eigenvalue weighted by molar-refractivity contribution is 0.0682. The van der Waals surface area contributed by atoms with E-state index in [2.05, 4.69) is 9.97 Å². The summed E-state index contributed by atoms with van der Waals surface area (Å²) in [6.45, 7) is 1.32. The van der Waals surface area contributed by atoms with Crippen molar-refractivity contribution < 1.29 is 34.5 Å². The highest BCUT2D eigenvalue weighted by molar-refractivity contribution is 5.99. The summed E-state index contributed by atoms with van der Waals surface area (Å²) in [5.41, 5.74) is 0.740. The highest BCUT2D eigenvalue weighted by Crippen LogP contribution is 2.25. The molecule has 0 amide bonds. The Bertz CT molecular complexity index is 1040. The third kappa shape index (κ3) is 4.20. The van der Waals surface area contributed by atoms with E-state index in [1.54, 1.807) is 0 Å². The highest BCUT2D eigenvalue weighted by atomic mass is 16.4. The summed E-state index contributed by atoms with van der Waals surface area (Å²) >= 11 is 0. The molecule has 3 rings (SSSR count). The van der Waals surface area contributed by atoms with E-state index in [0.29, 0.717) is 11.1 Å². The fourth-order valence-electron chi connectivity index (χ4n) is 2.75. The monoisotopic (exact) mass is 406 g/mol. The van der Waals surface area contributed by atoms with Gasteiger partial charge in [0, 0.05) is 29.1 Å². The van der Waals surface area contributed by atoms with Gasteiger partial charge in [0.05, 0.1) is 16.7 Å². The molecule has 3 N–H and O–H groups in total. The topological polar surface area (TPSA) is 155 Å². The zero-order valence-electron chi connectivity index (χ0n) is 15.5. The molecule has 30 heavy (non-hydrogen) atoms. The molecule has 2 aromatic carbocycles. The number of carboxylic acid groups (broad SMARTS) is 3. The van der Waals surface area contributed by atoms with Crippen molar-refractivity contribution in [1.29, 1.82) is 0 Å². The number of carbonyl (C=O) groups is 4. The van der Waals surface area contributed by atoms with Gasteiger partial charge in [-0.25, -0.2) is 24.4 Å². The van der Waals surface area contributed by atoms with Crippen LogP contribution in [0.5, 0.6) is 0 Å². The number of Topliss-reactive ketones (excluding diaryl/α,β-unsaturated/α-hetero) is 1. The van der Waals surface area contributed by atoms with Gasteiger partial charge in [0.25, 0.3) is 0 Å². The molecular weight excluding hydrogens is 392 g/mol. The molecule has 0 radical (unpaired) electrons. The Morgan fingerprint density at radius 1 is 0.600 bits per heavy atom. The van der Waals surface area contributed by atoms with Crippen molar-refractivity contribution in [2.75, 3.05) is 0 Å². The molecule has 0 aliphatic rings. The molecule has 150 valence electrons. The van der Waals surface area contributed by atoms with Gasteiger partial charge in [-0.3, -0.25) is 4.79 Å². The first-order valence-electron chi connectivity index (χ1n) is 8.49. The smallest absolute Gasteiger partial charge is 0.335 e. The average molecular weight is 406 g/mol. The molecule has 0 saturated heterocycles. The molecule has 1 aromatic heterocycles. The van der Waals surface area contributed by atoms with Gasteiger partial charge in [0.15, 0.2) is 11.6 Å². The predicted octanol–water partition coefficient (Wildman–Crippen LogP) is 3.11. The minimum atomic E-state index is -1.29. The first-order valence-corrected chi connectivity index (χ1v) is 8.49. The van der Waals surface area contributed by atoms with E-state index in [1.165, 1.54) is 49.6 Å². The Morgan fingerprint density at radius 3 is 1.43 bits per heavy atom. The Hall–Kier alpha value is -4.40. The number of ketones is 1. The van der Waals surface area contributed by atoms with Crippen molar-refractivity contribution in [1.82, 2.24) is 9.97 Å². The maximum atomic E-state index is 11.7. The van der Waals surface area contributed by atoms with Gasteiger partial charge in [-0.1, -0.05) is 0 Å². The van der Waals surface area contributed by atoms with Crippen LogP contribution in [0.1, 0.15) is 48.4 Å². The van der Waals surface area contributed by atoms with Gasteiger partial charge in [0.1, 0.15) is 0 Å². The molecule has 0 unspecified atom stereocenters. The lowest BCUT2D eigenvalue weighted by atomic mass is 10.00. The molecule has 0 saturated carbocycles. The first kappa shape index (κ1) is 20.3. The van der Waals surface area contributed by atoms with E-state index in [1.807, 2.05) is 0 Å². The summed E-state index contributed by atoms with van der Waals surface area (Å²) in [5, 5.41) is 27.6. The normalized spacial score (nSPS) is 10.4. The summed E-state index contributed by atoms with van der Waals surface area (Å²) < 4.78 is 0. The third-order valence-corrected chi connectivity index (χ3v) is 4.26. The van der Waals surface area contributed by atoms with E-state index in [-0.39, 0.29) is 39.4 Å². The van der Waals surface area contributed by atoms with Crippen LogP contribution < -0.4 is 0 Å². The number of carboxylic acids is 3. The van der Waals surface area contributed by atoms with Gasteiger partial charge in [-0.15, -0.1) is 0 Å². The van der Waals surface area contributed by atoms with E-state index < -0.39 is 17.9 Å². The first-order chi connectivity index (χ1) is 14.2. The summed E-state index contributed by atoms with van der Waals surface area (Å²) in [6.07, 6.45) is 2.75. The maximum absolute atomic E-state index is 11.7. The molecule has 0 bridgehead atoms. The minimum absolute atomic E-state index is 0.0676. The van der Waals surface area contributed by atoms with Crippen LogP contribution in [0.15, 0.2) is 48.8 Å². The predicted molar refractivity (Wildman–Crippen MR) is 104 cm³/mol. The van der Waals surface area contributed by atoms with Crippen LogP contribution in [0.4, 0.5) is 0 Å². The number of aromatic nitrogens is 2. The zero-order chi connectivity index (χ0) is 22.0. The third-order valence-electron chi connectivity index (χ3n) is 4.26. The van der Waals surface area contributed by atoms with Gasteiger partial charge in [-0.05, 0) is 48.9 Å². The number of hydrogen-bond donors (Lipinski definition) is 3. The minimum Gasteiger partial charge on any atom is -0.478 e. The second-order valence-corrected chi connectivity index (χ2v) is 6.37. The second-order valence-electron chi connectivity index (χ2n) is 6.37. The van der Waals surface area contributed by atoms with Crippen LogP contribution in [-0.2, 0) is 0 Å². The molecule has 0 fully saturated rings. The SMILES string of the molecule is CC(=O)c1cc(C(=O)O)cc(-c2cnc(-c3cc(C(=O)O)cc(C(=O)O)c3)nc2)c1. The number of nitrogens with zero attached hydrogens (tertiary/aromatic N) is 2. The number of carbonyl (C=O) groups excluding carboxylic acids is 1. The maximum Gasteiger partial charge on any atom is 0.335 e. The number of aromatic carboxylic acids is 3. The van der Waals surface area contributed by atoms with Crippen molar-refractivity contribution in [3.05, 3.63) is 71.0 Å².